The number of carboxylic acid groups (broad SMARTS) is 1. The van der Waals surface area contributed by atoms with Crippen molar-refractivity contribution in [3.05, 3.63) is 28.2 Å². The zero-order chi connectivity index (χ0) is 18.3. The molecule has 1 heterocycles. The molecule has 3 N–H and O–H groups in total. The number of anilines is 1. The lowest BCUT2D eigenvalue weighted by Crippen LogP contribution is -2.35. The average molecular weight is 374 g/mol. The van der Waals surface area contributed by atoms with Crippen LogP contribution in [0.1, 0.15) is 52.9 Å². The summed E-state index contributed by atoms with van der Waals surface area (Å²) in [5.74, 6) is -2.68. The Labute approximate surface area is 155 Å². The molecule has 3 aliphatic carbocycles. The molecule has 0 aliphatic heterocycles. The lowest BCUT2D eigenvalue weighted by Gasteiger charge is -2.24. The van der Waals surface area contributed by atoms with Gasteiger partial charge in [-0.1, -0.05) is 12.2 Å². The lowest BCUT2D eigenvalue weighted by molar-refractivity contribution is -0.146. The van der Waals surface area contributed by atoms with E-state index in [1.807, 2.05) is 12.2 Å². The highest BCUT2D eigenvalue weighted by atomic mass is 32.1. The van der Waals surface area contributed by atoms with Gasteiger partial charge in [0.05, 0.1) is 17.4 Å². The maximum Gasteiger partial charge on any atom is 0.307 e. The monoisotopic (exact) mass is 374 g/mol. The van der Waals surface area contributed by atoms with Crippen molar-refractivity contribution in [3.63, 3.8) is 0 Å². The summed E-state index contributed by atoms with van der Waals surface area (Å²) in [6.45, 7) is 0. The fourth-order valence-electron chi connectivity index (χ4n) is 3.80. The molecule has 1 aromatic rings. The third-order valence-electron chi connectivity index (χ3n) is 5.38. The molecular weight excluding hydrogens is 352 g/mol. The van der Waals surface area contributed by atoms with Gasteiger partial charge in [0.25, 0.3) is 5.91 Å². The van der Waals surface area contributed by atoms with E-state index in [2.05, 4.69) is 10.6 Å². The molecule has 0 aromatic carbocycles. The highest BCUT2D eigenvalue weighted by molar-refractivity contribution is 7.17. The molecule has 6 nitrogen and oxygen atoms in total. The van der Waals surface area contributed by atoms with Crippen molar-refractivity contribution in [2.75, 3.05) is 5.32 Å². The second-order valence-electron chi connectivity index (χ2n) is 7.29. The summed E-state index contributed by atoms with van der Waals surface area (Å²) in [7, 11) is 0. The summed E-state index contributed by atoms with van der Waals surface area (Å²) in [6.07, 6.45) is 9.30. The molecule has 0 radical (unpaired) electrons. The first-order chi connectivity index (χ1) is 12.5. The third-order valence-corrected chi connectivity index (χ3v) is 6.59. The van der Waals surface area contributed by atoms with Crippen LogP contribution in [0.25, 0.3) is 0 Å². The van der Waals surface area contributed by atoms with Gasteiger partial charge in [-0.3, -0.25) is 14.4 Å². The van der Waals surface area contributed by atoms with Crippen molar-refractivity contribution in [1.29, 1.82) is 0 Å². The van der Waals surface area contributed by atoms with E-state index in [9.17, 15) is 19.5 Å². The summed E-state index contributed by atoms with van der Waals surface area (Å²) in [5.41, 5.74) is 1.66. The number of allylic oxidation sites excluding steroid dienone is 2. The fraction of sp³-hybridized carbons (Fsp3) is 0.526. The van der Waals surface area contributed by atoms with Gasteiger partial charge in [-0.05, 0) is 50.5 Å². The lowest BCUT2D eigenvalue weighted by atomic mass is 9.82. The summed E-state index contributed by atoms with van der Waals surface area (Å²) >= 11 is 1.47. The molecule has 0 bridgehead atoms. The first-order valence-electron chi connectivity index (χ1n) is 9.18. The van der Waals surface area contributed by atoms with Gasteiger partial charge in [-0.25, -0.2) is 0 Å². The zero-order valence-electron chi connectivity index (χ0n) is 14.4. The van der Waals surface area contributed by atoms with Crippen molar-refractivity contribution in [2.45, 2.75) is 51.0 Å². The van der Waals surface area contributed by atoms with E-state index < -0.39 is 17.8 Å². The first kappa shape index (κ1) is 17.3. The van der Waals surface area contributed by atoms with E-state index in [0.717, 1.165) is 37.7 Å². The Morgan fingerprint density at radius 1 is 1.08 bits per heavy atom. The Bertz CT molecular complexity index is 794. The molecule has 0 unspecified atom stereocenters. The van der Waals surface area contributed by atoms with Gasteiger partial charge >= 0.3 is 5.97 Å². The van der Waals surface area contributed by atoms with Crippen LogP contribution >= 0.6 is 11.3 Å². The van der Waals surface area contributed by atoms with Crippen LogP contribution in [0.5, 0.6) is 0 Å². The van der Waals surface area contributed by atoms with Crippen LogP contribution in [0.4, 0.5) is 5.00 Å². The Morgan fingerprint density at radius 3 is 2.50 bits per heavy atom. The fourth-order valence-corrected chi connectivity index (χ4v) is 5.09. The highest BCUT2D eigenvalue weighted by Crippen LogP contribution is 2.40. The summed E-state index contributed by atoms with van der Waals surface area (Å²) in [6, 6.07) is 0.253. The quantitative estimate of drug-likeness (QED) is 0.691. The number of amides is 2. The zero-order valence-corrected chi connectivity index (χ0v) is 15.2. The smallest absolute Gasteiger partial charge is 0.307 e. The van der Waals surface area contributed by atoms with Crippen LogP contribution in [0, 0.1) is 11.8 Å². The molecule has 1 aromatic heterocycles. The van der Waals surface area contributed by atoms with Crippen LogP contribution in [0.2, 0.25) is 0 Å². The Hall–Kier alpha value is -2.15. The SMILES string of the molecule is O=C(NC1CC1)c1c(NC(=O)[C@@H]2CC=CC[C@H]2C(=O)O)sc2c1CCC2. The van der Waals surface area contributed by atoms with Crippen molar-refractivity contribution < 1.29 is 19.5 Å². The minimum atomic E-state index is -0.949. The van der Waals surface area contributed by atoms with Gasteiger partial charge in [0.15, 0.2) is 0 Å². The Kier molecular flexibility index (Phi) is 4.56. The number of thiophene rings is 1. The molecule has 0 spiro atoms. The Morgan fingerprint density at radius 2 is 1.81 bits per heavy atom. The van der Waals surface area contributed by atoms with Gasteiger partial charge in [-0.15, -0.1) is 11.3 Å². The number of nitrogens with one attached hydrogen (secondary N) is 2. The minimum Gasteiger partial charge on any atom is -0.481 e. The summed E-state index contributed by atoms with van der Waals surface area (Å²) in [4.78, 5) is 38.1. The van der Waals surface area contributed by atoms with Gasteiger partial charge < -0.3 is 15.7 Å². The predicted molar refractivity (Wildman–Crippen MR) is 98.5 cm³/mol. The molecule has 2 atom stereocenters. The molecule has 4 rings (SSSR count). The number of fused-ring (bicyclic) bond motifs is 1. The molecule has 7 heteroatoms. The summed E-state index contributed by atoms with van der Waals surface area (Å²) in [5, 5.41) is 15.9. The van der Waals surface area contributed by atoms with Gasteiger partial charge in [0.2, 0.25) is 5.91 Å². The molecule has 1 fully saturated rings. The molecular formula is C19H22N2O4S. The van der Waals surface area contributed by atoms with E-state index >= 15 is 0 Å². The number of carbonyl (C=O) groups excluding carboxylic acids is 2. The Balaban J connectivity index is 1.57. The van der Waals surface area contributed by atoms with Gasteiger partial charge in [-0.2, -0.15) is 0 Å². The number of aliphatic carboxylic acids is 1. The minimum absolute atomic E-state index is 0.111. The standard InChI is InChI=1S/C19H22N2O4S/c22-16(11-4-1-2-5-12(11)19(24)25)21-18-15(17(23)20-10-8-9-10)13-6-3-7-14(13)26-18/h1-2,10-12H,3-9H2,(H,20,23)(H,21,22)(H,24,25)/t11-,12-/m1/s1. The second kappa shape index (κ2) is 6.87. The van der Waals surface area contributed by atoms with Crippen LogP contribution in [-0.4, -0.2) is 28.9 Å². The first-order valence-corrected chi connectivity index (χ1v) is 10.0. The maximum atomic E-state index is 12.8. The van der Waals surface area contributed by atoms with E-state index in [-0.39, 0.29) is 17.9 Å². The average Bonchev–Trinajstić information content (AvgIpc) is 3.20. The largest absolute Gasteiger partial charge is 0.481 e. The number of carboxylic acids is 1. The summed E-state index contributed by atoms with van der Waals surface area (Å²) < 4.78 is 0. The van der Waals surface area contributed by atoms with Crippen molar-refractivity contribution in [3.8, 4) is 0 Å². The number of hydrogen-bond donors (Lipinski definition) is 3. The van der Waals surface area contributed by atoms with E-state index in [1.54, 1.807) is 0 Å². The topological polar surface area (TPSA) is 95.5 Å². The third kappa shape index (κ3) is 3.28. The van der Waals surface area contributed by atoms with E-state index in [0.29, 0.717) is 23.4 Å². The normalized spacial score (nSPS) is 24.2. The van der Waals surface area contributed by atoms with Crippen LogP contribution in [0.3, 0.4) is 0 Å². The molecule has 138 valence electrons. The van der Waals surface area contributed by atoms with Crippen molar-refractivity contribution >= 4 is 34.1 Å². The second-order valence-corrected chi connectivity index (χ2v) is 8.40. The number of rotatable bonds is 5. The van der Waals surface area contributed by atoms with Crippen molar-refractivity contribution in [2.24, 2.45) is 11.8 Å². The predicted octanol–water partition coefficient (Wildman–Crippen LogP) is 2.73. The maximum absolute atomic E-state index is 12.8. The van der Waals surface area contributed by atoms with E-state index in [1.165, 1.54) is 16.2 Å². The molecule has 26 heavy (non-hydrogen) atoms. The van der Waals surface area contributed by atoms with Crippen LogP contribution in [-0.2, 0) is 22.4 Å². The van der Waals surface area contributed by atoms with Gasteiger partial charge in [0.1, 0.15) is 5.00 Å². The van der Waals surface area contributed by atoms with E-state index in [4.69, 9.17) is 0 Å². The molecule has 1 saturated carbocycles. The van der Waals surface area contributed by atoms with Crippen LogP contribution in [0.15, 0.2) is 12.2 Å². The molecule has 2 amide bonds. The van der Waals surface area contributed by atoms with Crippen LogP contribution < -0.4 is 10.6 Å². The van der Waals surface area contributed by atoms with Crippen molar-refractivity contribution in [1.82, 2.24) is 5.32 Å². The molecule has 0 saturated heterocycles. The number of aryl methyl sites for hydroxylation is 1. The number of carbonyl (C=O) groups is 3. The number of hydrogen-bond acceptors (Lipinski definition) is 4. The van der Waals surface area contributed by atoms with Gasteiger partial charge in [0, 0.05) is 10.9 Å². The molecule has 3 aliphatic rings. The highest BCUT2D eigenvalue weighted by Gasteiger charge is 2.36.